The average Bonchev–Trinajstić information content (AvgIpc) is 2.65. The third-order valence-electron chi connectivity index (χ3n) is 3.51. The van der Waals surface area contributed by atoms with E-state index >= 15 is 0 Å². The Balaban J connectivity index is 1.68. The largest absolute Gasteiger partial charge is 0.496 e. The highest BCUT2D eigenvalue weighted by molar-refractivity contribution is 6.30. The Morgan fingerprint density at radius 1 is 0.880 bits per heavy atom. The number of carbonyl (C=O) groups excluding carboxylic acids is 1. The summed E-state index contributed by atoms with van der Waals surface area (Å²) in [5, 5.41) is 3.49. The van der Waals surface area contributed by atoms with Crippen LogP contribution in [0.4, 0.5) is 5.69 Å². The number of rotatable bonds is 5. The van der Waals surface area contributed by atoms with Gasteiger partial charge in [0.2, 0.25) is 0 Å². The van der Waals surface area contributed by atoms with Gasteiger partial charge in [0, 0.05) is 10.7 Å². The molecule has 0 bridgehead atoms. The molecule has 126 valence electrons. The molecule has 3 aromatic rings. The van der Waals surface area contributed by atoms with Crippen LogP contribution in [0.3, 0.4) is 0 Å². The average molecular weight is 354 g/mol. The summed E-state index contributed by atoms with van der Waals surface area (Å²) in [5.74, 6) is 1.65. The van der Waals surface area contributed by atoms with Crippen LogP contribution in [0.1, 0.15) is 10.4 Å². The number of anilines is 1. The van der Waals surface area contributed by atoms with Crippen LogP contribution in [0, 0.1) is 0 Å². The lowest BCUT2D eigenvalue weighted by molar-refractivity contribution is 0.102. The fourth-order valence-electron chi connectivity index (χ4n) is 2.28. The Kier molecular flexibility index (Phi) is 5.21. The topological polar surface area (TPSA) is 47.6 Å². The van der Waals surface area contributed by atoms with Crippen molar-refractivity contribution in [2.45, 2.75) is 0 Å². The van der Waals surface area contributed by atoms with Gasteiger partial charge in [0.25, 0.3) is 5.91 Å². The molecule has 0 aromatic heterocycles. The highest BCUT2D eigenvalue weighted by Crippen LogP contribution is 2.25. The predicted octanol–water partition coefficient (Wildman–Crippen LogP) is 5.39. The fraction of sp³-hybridized carbons (Fsp3) is 0.0500. The van der Waals surface area contributed by atoms with Crippen molar-refractivity contribution < 1.29 is 14.3 Å². The molecule has 0 aliphatic carbocycles. The number of hydrogen-bond donors (Lipinski definition) is 1. The third kappa shape index (κ3) is 4.31. The van der Waals surface area contributed by atoms with E-state index in [0.29, 0.717) is 33.5 Å². The first kappa shape index (κ1) is 16.9. The number of halogens is 1. The van der Waals surface area contributed by atoms with E-state index < -0.39 is 0 Å². The summed E-state index contributed by atoms with van der Waals surface area (Å²) in [6.07, 6.45) is 0. The number of methoxy groups -OCH3 is 1. The van der Waals surface area contributed by atoms with Crippen LogP contribution in [-0.4, -0.2) is 13.0 Å². The van der Waals surface area contributed by atoms with Crippen molar-refractivity contribution in [3.63, 3.8) is 0 Å². The zero-order valence-corrected chi connectivity index (χ0v) is 14.3. The molecule has 0 heterocycles. The van der Waals surface area contributed by atoms with Crippen LogP contribution in [-0.2, 0) is 0 Å². The van der Waals surface area contributed by atoms with Gasteiger partial charge in [-0.3, -0.25) is 4.79 Å². The van der Waals surface area contributed by atoms with Gasteiger partial charge in [-0.15, -0.1) is 0 Å². The summed E-state index contributed by atoms with van der Waals surface area (Å²) in [6.45, 7) is 0. The van der Waals surface area contributed by atoms with E-state index in [9.17, 15) is 4.79 Å². The first-order valence-corrected chi connectivity index (χ1v) is 8.01. The molecule has 0 saturated carbocycles. The van der Waals surface area contributed by atoms with Gasteiger partial charge in [0.1, 0.15) is 17.2 Å². The highest BCUT2D eigenvalue weighted by Gasteiger charge is 2.11. The second kappa shape index (κ2) is 7.73. The van der Waals surface area contributed by atoms with Crippen molar-refractivity contribution >= 4 is 23.2 Å². The molecule has 0 saturated heterocycles. The fourth-order valence-corrected chi connectivity index (χ4v) is 2.40. The molecule has 0 aliphatic heterocycles. The molecule has 0 unspecified atom stereocenters. The van der Waals surface area contributed by atoms with Crippen LogP contribution in [0.25, 0.3) is 0 Å². The second-order valence-electron chi connectivity index (χ2n) is 5.23. The van der Waals surface area contributed by atoms with Gasteiger partial charge in [-0.1, -0.05) is 23.7 Å². The van der Waals surface area contributed by atoms with E-state index in [1.165, 1.54) is 7.11 Å². The molecule has 1 amide bonds. The lowest BCUT2D eigenvalue weighted by atomic mass is 10.2. The Morgan fingerprint density at radius 3 is 2.12 bits per heavy atom. The van der Waals surface area contributed by atoms with E-state index in [-0.39, 0.29) is 5.91 Å². The van der Waals surface area contributed by atoms with Gasteiger partial charge in [0.05, 0.1) is 12.7 Å². The van der Waals surface area contributed by atoms with Gasteiger partial charge in [-0.25, -0.2) is 0 Å². The van der Waals surface area contributed by atoms with Crippen molar-refractivity contribution in [3.05, 3.63) is 83.4 Å². The Bertz CT molecular complexity index is 861. The molecule has 1 N–H and O–H groups in total. The smallest absolute Gasteiger partial charge is 0.259 e. The molecule has 0 radical (unpaired) electrons. The lowest BCUT2D eigenvalue weighted by Crippen LogP contribution is -2.12. The molecule has 5 heteroatoms. The highest BCUT2D eigenvalue weighted by atomic mass is 35.5. The molecule has 3 aromatic carbocycles. The minimum Gasteiger partial charge on any atom is -0.496 e. The number of hydrogen-bond acceptors (Lipinski definition) is 3. The molecule has 0 fully saturated rings. The van der Waals surface area contributed by atoms with Crippen LogP contribution in [0.5, 0.6) is 17.2 Å². The van der Waals surface area contributed by atoms with E-state index in [1.54, 1.807) is 66.7 Å². The number of para-hydroxylation sites is 1. The monoisotopic (exact) mass is 353 g/mol. The minimum atomic E-state index is -0.233. The number of carbonyl (C=O) groups is 1. The summed E-state index contributed by atoms with van der Waals surface area (Å²) < 4.78 is 10.9. The standard InChI is InChI=1S/C20H16ClNO3/c1-24-19-5-3-2-4-18(19)20(23)22-15-8-12-17(13-9-15)25-16-10-6-14(21)7-11-16/h2-13H,1H3,(H,22,23). The molecule has 3 rings (SSSR count). The van der Waals surface area contributed by atoms with Gasteiger partial charge < -0.3 is 14.8 Å². The summed E-state index contributed by atoms with van der Waals surface area (Å²) in [6, 6.07) is 21.3. The van der Waals surface area contributed by atoms with Crippen molar-refractivity contribution in [1.29, 1.82) is 0 Å². The summed E-state index contributed by atoms with van der Waals surface area (Å²) in [5.41, 5.74) is 1.14. The quantitative estimate of drug-likeness (QED) is 0.668. The lowest BCUT2D eigenvalue weighted by Gasteiger charge is -2.10. The number of nitrogens with one attached hydrogen (secondary N) is 1. The van der Waals surface area contributed by atoms with E-state index in [1.807, 2.05) is 6.07 Å². The first-order chi connectivity index (χ1) is 12.2. The van der Waals surface area contributed by atoms with Crippen molar-refractivity contribution in [2.75, 3.05) is 12.4 Å². The number of ether oxygens (including phenoxy) is 2. The van der Waals surface area contributed by atoms with Gasteiger partial charge in [0.15, 0.2) is 0 Å². The maximum Gasteiger partial charge on any atom is 0.259 e. The van der Waals surface area contributed by atoms with Crippen LogP contribution >= 0.6 is 11.6 Å². The summed E-state index contributed by atoms with van der Waals surface area (Å²) >= 11 is 5.85. The molecular formula is C20H16ClNO3. The second-order valence-corrected chi connectivity index (χ2v) is 5.67. The van der Waals surface area contributed by atoms with Gasteiger partial charge >= 0.3 is 0 Å². The predicted molar refractivity (Wildman–Crippen MR) is 98.9 cm³/mol. The minimum absolute atomic E-state index is 0.233. The van der Waals surface area contributed by atoms with E-state index in [4.69, 9.17) is 21.1 Å². The van der Waals surface area contributed by atoms with Gasteiger partial charge in [-0.05, 0) is 60.7 Å². The molecule has 4 nitrogen and oxygen atoms in total. The summed E-state index contributed by atoms with van der Waals surface area (Å²) in [4.78, 5) is 12.4. The third-order valence-corrected chi connectivity index (χ3v) is 3.77. The van der Waals surface area contributed by atoms with E-state index in [2.05, 4.69) is 5.32 Å². The maximum atomic E-state index is 12.4. The normalized spacial score (nSPS) is 10.2. The Hall–Kier alpha value is -2.98. The van der Waals surface area contributed by atoms with Crippen molar-refractivity contribution in [2.24, 2.45) is 0 Å². The van der Waals surface area contributed by atoms with E-state index in [0.717, 1.165) is 0 Å². The number of amides is 1. The molecule has 25 heavy (non-hydrogen) atoms. The zero-order valence-electron chi connectivity index (χ0n) is 13.5. The van der Waals surface area contributed by atoms with Gasteiger partial charge in [-0.2, -0.15) is 0 Å². The Morgan fingerprint density at radius 2 is 1.48 bits per heavy atom. The Labute approximate surface area is 151 Å². The maximum absolute atomic E-state index is 12.4. The first-order valence-electron chi connectivity index (χ1n) is 7.63. The molecule has 0 spiro atoms. The zero-order chi connectivity index (χ0) is 17.6. The van der Waals surface area contributed by atoms with Crippen LogP contribution < -0.4 is 14.8 Å². The van der Waals surface area contributed by atoms with Crippen molar-refractivity contribution in [1.82, 2.24) is 0 Å². The summed E-state index contributed by atoms with van der Waals surface area (Å²) in [7, 11) is 1.54. The van der Waals surface area contributed by atoms with Crippen molar-refractivity contribution in [3.8, 4) is 17.2 Å². The van der Waals surface area contributed by atoms with Crippen LogP contribution in [0.15, 0.2) is 72.8 Å². The molecule has 0 atom stereocenters. The number of benzene rings is 3. The molecule has 0 aliphatic rings. The SMILES string of the molecule is COc1ccccc1C(=O)Nc1ccc(Oc2ccc(Cl)cc2)cc1. The molecular weight excluding hydrogens is 338 g/mol. The van der Waals surface area contributed by atoms with Crippen LogP contribution in [0.2, 0.25) is 5.02 Å².